The molecule has 16 heavy (non-hydrogen) atoms. The Hall–Kier alpha value is -2.23. The number of rotatable bonds is 4. The van der Waals surface area contributed by atoms with E-state index in [-0.39, 0.29) is 18.1 Å². The molecule has 2 rings (SSSR count). The molecule has 0 atom stereocenters. The molecule has 1 aromatic carbocycles. The lowest BCUT2D eigenvalue weighted by molar-refractivity contribution is 0.0659. The fourth-order valence-corrected chi connectivity index (χ4v) is 1.45. The molecule has 0 unspecified atom stereocenters. The van der Waals surface area contributed by atoms with Crippen molar-refractivity contribution in [3.05, 3.63) is 42.7 Å². The van der Waals surface area contributed by atoms with Crippen molar-refractivity contribution >= 4 is 16.9 Å². The van der Waals surface area contributed by atoms with Crippen LogP contribution in [0, 0.1) is 0 Å². The predicted octanol–water partition coefficient (Wildman–Crippen LogP) is 2.70. The average Bonchev–Trinajstić information content (AvgIpc) is 2.65. The van der Waals surface area contributed by atoms with E-state index in [1.54, 1.807) is 30.3 Å². The van der Waals surface area contributed by atoms with Gasteiger partial charge in [0.2, 0.25) is 0 Å². The van der Waals surface area contributed by atoms with Gasteiger partial charge in [0.1, 0.15) is 12.2 Å². The second kappa shape index (κ2) is 4.10. The summed E-state index contributed by atoms with van der Waals surface area (Å²) in [6.45, 7) is 3.75. The standard InChI is InChI=1S/C12H10O4/c1-2-7-15-10-8-5-3-4-6-9(8)16-11(10)12(13)14/h2-6H,1,7H2,(H,13,14). The molecule has 4 heteroatoms. The molecule has 0 saturated heterocycles. The third kappa shape index (κ3) is 1.65. The van der Waals surface area contributed by atoms with Gasteiger partial charge in [-0.3, -0.25) is 0 Å². The van der Waals surface area contributed by atoms with Gasteiger partial charge in [-0.1, -0.05) is 24.8 Å². The van der Waals surface area contributed by atoms with Crippen molar-refractivity contribution in [1.29, 1.82) is 0 Å². The molecule has 0 amide bonds. The van der Waals surface area contributed by atoms with Crippen LogP contribution in [0.5, 0.6) is 5.75 Å². The molecule has 0 radical (unpaired) electrons. The third-order valence-corrected chi connectivity index (χ3v) is 2.09. The number of furan rings is 1. The first kappa shape index (κ1) is 10.3. The van der Waals surface area contributed by atoms with E-state index in [9.17, 15) is 4.79 Å². The maximum atomic E-state index is 11.0. The number of carbonyl (C=O) groups is 1. The molecule has 1 heterocycles. The number of fused-ring (bicyclic) bond motifs is 1. The first-order valence-corrected chi connectivity index (χ1v) is 4.72. The van der Waals surface area contributed by atoms with Gasteiger partial charge in [0.25, 0.3) is 5.76 Å². The van der Waals surface area contributed by atoms with E-state index >= 15 is 0 Å². The van der Waals surface area contributed by atoms with Crippen LogP contribution in [0.2, 0.25) is 0 Å². The number of aromatic carboxylic acids is 1. The van der Waals surface area contributed by atoms with E-state index < -0.39 is 5.97 Å². The summed E-state index contributed by atoms with van der Waals surface area (Å²) in [5.74, 6) is -1.07. The lowest BCUT2D eigenvalue weighted by Gasteiger charge is -2.00. The minimum absolute atomic E-state index is 0.178. The second-order valence-electron chi connectivity index (χ2n) is 3.16. The molecule has 1 N–H and O–H groups in total. The molecular weight excluding hydrogens is 208 g/mol. The highest BCUT2D eigenvalue weighted by Gasteiger charge is 2.20. The van der Waals surface area contributed by atoms with Crippen molar-refractivity contribution in [1.82, 2.24) is 0 Å². The van der Waals surface area contributed by atoms with Gasteiger partial charge in [-0.25, -0.2) is 4.79 Å². The normalized spacial score (nSPS) is 10.2. The number of carboxylic acids is 1. The molecule has 2 aromatic rings. The molecule has 0 aliphatic rings. The van der Waals surface area contributed by atoms with Crippen LogP contribution in [-0.4, -0.2) is 17.7 Å². The van der Waals surface area contributed by atoms with Crippen molar-refractivity contribution in [3.8, 4) is 5.75 Å². The summed E-state index contributed by atoms with van der Waals surface area (Å²) in [4.78, 5) is 11.0. The van der Waals surface area contributed by atoms with Gasteiger partial charge < -0.3 is 14.3 Å². The van der Waals surface area contributed by atoms with Crippen LogP contribution < -0.4 is 4.74 Å². The van der Waals surface area contributed by atoms with Crippen molar-refractivity contribution < 1.29 is 19.1 Å². The quantitative estimate of drug-likeness (QED) is 0.801. The van der Waals surface area contributed by atoms with Crippen LogP contribution >= 0.6 is 0 Å². The molecule has 0 aliphatic carbocycles. The van der Waals surface area contributed by atoms with Crippen LogP contribution in [0.25, 0.3) is 11.0 Å². The van der Waals surface area contributed by atoms with Gasteiger partial charge in [-0.05, 0) is 12.1 Å². The van der Waals surface area contributed by atoms with Gasteiger partial charge in [0, 0.05) is 0 Å². The zero-order chi connectivity index (χ0) is 11.5. The highest BCUT2D eigenvalue weighted by molar-refractivity contribution is 5.97. The molecule has 82 valence electrons. The van der Waals surface area contributed by atoms with E-state index in [4.69, 9.17) is 14.3 Å². The fourth-order valence-electron chi connectivity index (χ4n) is 1.45. The molecule has 0 saturated carbocycles. The maximum absolute atomic E-state index is 11.0. The molecule has 0 spiro atoms. The van der Waals surface area contributed by atoms with E-state index in [1.807, 2.05) is 0 Å². The van der Waals surface area contributed by atoms with Crippen LogP contribution in [-0.2, 0) is 0 Å². The molecule has 0 bridgehead atoms. The summed E-state index contributed by atoms with van der Waals surface area (Å²) in [5.41, 5.74) is 0.499. The highest BCUT2D eigenvalue weighted by atomic mass is 16.5. The van der Waals surface area contributed by atoms with Crippen LogP contribution in [0.3, 0.4) is 0 Å². The Balaban J connectivity index is 2.59. The number of hydrogen-bond acceptors (Lipinski definition) is 3. The molecule has 0 aliphatic heterocycles. The lowest BCUT2D eigenvalue weighted by Crippen LogP contribution is -2.00. The zero-order valence-corrected chi connectivity index (χ0v) is 8.47. The summed E-state index contributed by atoms with van der Waals surface area (Å²) < 4.78 is 10.5. The summed E-state index contributed by atoms with van der Waals surface area (Å²) in [5, 5.41) is 9.62. The van der Waals surface area contributed by atoms with Crippen LogP contribution in [0.4, 0.5) is 0 Å². The van der Waals surface area contributed by atoms with E-state index in [0.29, 0.717) is 11.0 Å². The number of carboxylic acid groups (broad SMARTS) is 1. The van der Waals surface area contributed by atoms with Gasteiger partial charge in [-0.15, -0.1) is 0 Å². The van der Waals surface area contributed by atoms with Crippen molar-refractivity contribution in [2.24, 2.45) is 0 Å². The number of para-hydroxylation sites is 1. The van der Waals surface area contributed by atoms with Gasteiger partial charge in [-0.2, -0.15) is 0 Å². The average molecular weight is 218 g/mol. The monoisotopic (exact) mass is 218 g/mol. The Labute approximate surface area is 91.7 Å². The number of hydrogen-bond donors (Lipinski definition) is 1. The molecule has 4 nitrogen and oxygen atoms in total. The van der Waals surface area contributed by atoms with Gasteiger partial charge in [0.05, 0.1) is 5.39 Å². The van der Waals surface area contributed by atoms with Crippen LogP contribution in [0.1, 0.15) is 10.6 Å². The summed E-state index contributed by atoms with van der Waals surface area (Å²) in [6.07, 6.45) is 1.55. The Morgan fingerprint density at radius 1 is 1.50 bits per heavy atom. The highest BCUT2D eigenvalue weighted by Crippen LogP contribution is 2.32. The Morgan fingerprint density at radius 2 is 2.25 bits per heavy atom. The topological polar surface area (TPSA) is 59.7 Å². The maximum Gasteiger partial charge on any atom is 0.375 e. The fraction of sp³-hybridized carbons (Fsp3) is 0.0833. The number of benzene rings is 1. The lowest BCUT2D eigenvalue weighted by atomic mass is 10.2. The van der Waals surface area contributed by atoms with E-state index in [1.165, 1.54) is 0 Å². The predicted molar refractivity (Wildman–Crippen MR) is 58.9 cm³/mol. The van der Waals surface area contributed by atoms with Gasteiger partial charge in [0.15, 0.2) is 5.75 Å². The summed E-state index contributed by atoms with van der Waals surface area (Å²) in [6, 6.07) is 7.02. The van der Waals surface area contributed by atoms with Crippen molar-refractivity contribution in [2.75, 3.05) is 6.61 Å². The largest absolute Gasteiger partial charge is 0.485 e. The first-order chi connectivity index (χ1) is 7.74. The Bertz CT molecular complexity index is 539. The smallest absolute Gasteiger partial charge is 0.375 e. The molecule has 1 aromatic heterocycles. The van der Waals surface area contributed by atoms with E-state index in [2.05, 4.69) is 6.58 Å². The molecule has 0 fully saturated rings. The van der Waals surface area contributed by atoms with E-state index in [0.717, 1.165) is 0 Å². The Kier molecular flexibility index (Phi) is 2.64. The number of ether oxygens (including phenoxy) is 1. The SMILES string of the molecule is C=CCOc1c(C(=O)O)oc2ccccc12. The first-order valence-electron chi connectivity index (χ1n) is 4.72. The third-order valence-electron chi connectivity index (χ3n) is 2.09. The summed E-state index contributed by atoms with van der Waals surface area (Å²) in [7, 11) is 0. The molecular formula is C12H10O4. The van der Waals surface area contributed by atoms with Gasteiger partial charge >= 0.3 is 5.97 Å². The minimum atomic E-state index is -1.14. The zero-order valence-electron chi connectivity index (χ0n) is 8.47. The van der Waals surface area contributed by atoms with Crippen LogP contribution in [0.15, 0.2) is 41.3 Å². The second-order valence-corrected chi connectivity index (χ2v) is 3.16. The minimum Gasteiger partial charge on any atom is -0.485 e. The van der Waals surface area contributed by atoms with Crippen molar-refractivity contribution in [2.45, 2.75) is 0 Å². The summed E-state index contributed by atoms with van der Waals surface area (Å²) >= 11 is 0. The van der Waals surface area contributed by atoms with Crippen molar-refractivity contribution in [3.63, 3.8) is 0 Å². The Morgan fingerprint density at radius 3 is 2.94 bits per heavy atom.